The molecule has 0 saturated carbocycles. The summed E-state index contributed by atoms with van der Waals surface area (Å²) in [5.74, 6) is -0.208. The summed E-state index contributed by atoms with van der Waals surface area (Å²) in [6, 6.07) is 2.98. The summed E-state index contributed by atoms with van der Waals surface area (Å²) in [5.41, 5.74) is 1.40. The Morgan fingerprint density at radius 1 is 1.37 bits per heavy atom. The van der Waals surface area contributed by atoms with E-state index in [-0.39, 0.29) is 17.6 Å². The number of rotatable bonds is 5. The van der Waals surface area contributed by atoms with Gasteiger partial charge in [-0.2, -0.15) is 0 Å². The molecule has 0 unspecified atom stereocenters. The van der Waals surface area contributed by atoms with E-state index >= 15 is 0 Å². The van der Waals surface area contributed by atoms with Gasteiger partial charge in [-0.25, -0.2) is 9.37 Å². The SMILES string of the molecule is CCC(CC)C(=O)NCc1cn2cc(F)ccc2n1. The molecule has 0 bridgehead atoms. The lowest BCUT2D eigenvalue weighted by Crippen LogP contribution is -2.29. The van der Waals surface area contributed by atoms with Crippen LogP contribution in [0.25, 0.3) is 5.65 Å². The minimum Gasteiger partial charge on any atom is -0.350 e. The van der Waals surface area contributed by atoms with Crippen molar-refractivity contribution in [3.05, 3.63) is 36.0 Å². The molecule has 0 atom stereocenters. The zero-order chi connectivity index (χ0) is 13.8. The molecule has 5 heteroatoms. The first-order chi connectivity index (χ1) is 9.13. The third kappa shape index (κ3) is 3.10. The molecule has 2 rings (SSSR count). The molecule has 0 aliphatic rings. The van der Waals surface area contributed by atoms with E-state index in [0.717, 1.165) is 18.5 Å². The van der Waals surface area contributed by atoms with Crippen molar-refractivity contribution in [3.8, 4) is 0 Å². The fourth-order valence-corrected chi connectivity index (χ4v) is 2.08. The van der Waals surface area contributed by atoms with Gasteiger partial charge >= 0.3 is 0 Å². The fourth-order valence-electron chi connectivity index (χ4n) is 2.08. The van der Waals surface area contributed by atoms with Crippen LogP contribution in [0.5, 0.6) is 0 Å². The van der Waals surface area contributed by atoms with Crippen LogP contribution in [-0.4, -0.2) is 15.3 Å². The smallest absolute Gasteiger partial charge is 0.223 e. The molecule has 4 nitrogen and oxygen atoms in total. The first kappa shape index (κ1) is 13.5. The molecular weight excluding hydrogens is 245 g/mol. The third-order valence-electron chi connectivity index (χ3n) is 3.26. The Hall–Kier alpha value is -1.91. The summed E-state index contributed by atoms with van der Waals surface area (Å²) < 4.78 is 14.7. The third-order valence-corrected chi connectivity index (χ3v) is 3.26. The Kier molecular flexibility index (Phi) is 4.14. The summed E-state index contributed by atoms with van der Waals surface area (Å²) >= 11 is 0. The molecule has 1 amide bonds. The summed E-state index contributed by atoms with van der Waals surface area (Å²) in [6.45, 7) is 4.38. The van der Waals surface area contributed by atoms with Crippen molar-refractivity contribution in [1.82, 2.24) is 14.7 Å². The van der Waals surface area contributed by atoms with Crippen molar-refractivity contribution in [2.24, 2.45) is 5.92 Å². The van der Waals surface area contributed by atoms with Crippen LogP contribution in [0.3, 0.4) is 0 Å². The Balaban J connectivity index is 2.03. The van der Waals surface area contributed by atoms with Crippen molar-refractivity contribution < 1.29 is 9.18 Å². The number of imidazole rings is 1. The lowest BCUT2D eigenvalue weighted by atomic mass is 10.0. The first-order valence-corrected chi connectivity index (χ1v) is 6.54. The predicted octanol–water partition coefficient (Wildman–Crippen LogP) is 2.53. The molecule has 0 aliphatic carbocycles. The van der Waals surface area contributed by atoms with E-state index in [9.17, 15) is 9.18 Å². The highest BCUT2D eigenvalue weighted by molar-refractivity contribution is 5.78. The van der Waals surface area contributed by atoms with Gasteiger partial charge in [0.1, 0.15) is 11.5 Å². The monoisotopic (exact) mass is 263 g/mol. The van der Waals surface area contributed by atoms with E-state index < -0.39 is 0 Å². The number of hydrogen-bond donors (Lipinski definition) is 1. The number of nitrogens with zero attached hydrogens (tertiary/aromatic N) is 2. The number of amides is 1. The largest absolute Gasteiger partial charge is 0.350 e. The van der Waals surface area contributed by atoms with Crippen LogP contribution in [0.1, 0.15) is 32.4 Å². The Morgan fingerprint density at radius 3 is 2.79 bits per heavy atom. The first-order valence-electron chi connectivity index (χ1n) is 6.54. The highest BCUT2D eigenvalue weighted by atomic mass is 19.1. The van der Waals surface area contributed by atoms with E-state index in [2.05, 4.69) is 10.3 Å². The van der Waals surface area contributed by atoms with Gasteiger partial charge in [-0.15, -0.1) is 0 Å². The van der Waals surface area contributed by atoms with E-state index in [0.29, 0.717) is 12.2 Å². The predicted molar refractivity (Wildman–Crippen MR) is 71.1 cm³/mol. The van der Waals surface area contributed by atoms with Gasteiger partial charge in [-0.1, -0.05) is 13.8 Å². The Bertz CT molecular complexity index is 575. The second-order valence-electron chi connectivity index (χ2n) is 4.58. The zero-order valence-electron chi connectivity index (χ0n) is 11.2. The minimum atomic E-state index is -0.308. The Labute approximate surface area is 111 Å². The van der Waals surface area contributed by atoms with Gasteiger partial charge in [-0.05, 0) is 25.0 Å². The molecule has 0 aliphatic heterocycles. The summed E-state index contributed by atoms with van der Waals surface area (Å²) in [5, 5.41) is 2.87. The molecule has 0 spiro atoms. The van der Waals surface area contributed by atoms with Gasteiger partial charge in [-0.3, -0.25) is 4.79 Å². The summed E-state index contributed by atoms with van der Waals surface area (Å²) in [6.07, 6.45) is 4.76. The molecule has 1 N–H and O–H groups in total. The highest BCUT2D eigenvalue weighted by Crippen LogP contribution is 2.09. The highest BCUT2D eigenvalue weighted by Gasteiger charge is 2.13. The van der Waals surface area contributed by atoms with Crippen LogP contribution in [0, 0.1) is 11.7 Å². The molecule has 2 aromatic heterocycles. The molecule has 0 fully saturated rings. The van der Waals surface area contributed by atoms with Crippen LogP contribution in [0.2, 0.25) is 0 Å². The molecular formula is C14H18FN3O. The number of aromatic nitrogens is 2. The average Bonchev–Trinajstić information content (AvgIpc) is 2.79. The van der Waals surface area contributed by atoms with Crippen LogP contribution in [-0.2, 0) is 11.3 Å². The van der Waals surface area contributed by atoms with Gasteiger partial charge in [0.15, 0.2) is 0 Å². The Morgan fingerprint density at radius 2 is 2.11 bits per heavy atom. The number of carbonyl (C=O) groups excluding carboxylic acids is 1. The van der Waals surface area contributed by atoms with E-state index in [1.54, 1.807) is 16.7 Å². The van der Waals surface area contributed by atoms with Crippen molar-refractivity contribution in [2.75, 3.05) is 0 Å². The molecule has 102 valence electrons. The summed E-state index contributed by atoms with van der Waals surface area (Å²) in [4.78, 5) is 16.2. The molecule has 0 radical (unpaired) electrons. The van der Waals surface area contributed by atoms with Crippen molar-refractivity contribution >= 4 is 11.6 Å². The molecule has 2 heterocycles. The van der Waals surface area contributed by atoms with E-state index in [4.69, 9.17) is 0 Å². The number of pyridine rings is 1. The van der Waals surface area contributed by atoms with Crippen molar-refractivity contribution in [2.45, 2.75) is 33.2 Å². The number of halogens is 1. The maximum atomic E-state index is 13.0. The van der Waals surface area contributed by atoms with Crippen LogP contribution in [0.4, 0.5) is 4.39 Å². The van der Waals surface area contributed by atoms with Gasteiger partial charge in [0, 0.05) is 18.3 Å². The minimum absolute atomic E-state index is 0.0493. The van der Waals surface area contributed by atoms with Crippen molar-refractivity contribution in [3.63, 3.8) is 0 Å². The second kappa shape index (κ2) is 5.82. The van der Waals surface area contributed by atoms with E-state index in [1.165, 1.54) is 12.3 Å². The standard InChI is InChI=1S/C14H18FN3O/c1-3-10(4-2)14(19)16-7-12-9-18-8-11(15)5-6-13(18)17-12/h5-6,8-10H,3-4,7H2,1-2H3,(H,16,19). The average molecular weight is 263 g/mol. The van der Waals surface area contributed by atoms with Gasteiger partial charge in [0.25, 0.3) is 0 Å². The lowest BCUT2D eigenvalue weighted by molar-refractivity contribution is -0.125. The topological polar surface area (TPSA) is 46.4 Å². The van der Waals surface area contributed by atoms with Crippen LogP contribution >= 0.6 is 0 Å². The maximum absolute atomic E-state index is 13.0. The second-order valence-corrected chi connectivity index (χ2v) is 4.58. The van der Waals surface area contributed by atoms with Gasteiger partial charge in [0.05, 0.1) is 12.2 Å². The molecule has 19 heavy (non-hydrogen) atoms. The zero-order valence-corrected chi connectivity index (χ0v) is 11.2. The quantitative estimate of drug-likeness (QED) is 0.901. The van der Waals surface area contributed by atoms with E-state index in [1.807, 2.05) is 13.8 Å². The normalized spacial score (nSPS) is 11.2. The molecule has 2 aromatic rings. The summed E-state index contributed by atoms with van der Waals surface area (Å²) in [7, 11) is 0. The molecule has 0 aromatic carbocycles. The number of carbonyl (C=O) groups is 1. The fraction of sp³-hybridized carbons (Fsp3) is 0.429. The van der Waals surface area contributed by atoms with Crippen LogP contribution in [0.15, 0.2) is 24.5 Å². The number of hydrogen-bond acceptors (Lipinski definition) is 2. The lowest BCUT2D eigenvalue weighted by Gasteiger charge is -2.11. The molecule has 0 saturated heterocycles. The van der Waals surface area contributed by atoms with Gasteiger partial charge in [0.2, 0.25) is 5.91 Å². The number of nitrogens with one attached hydrogen (secondary N) is 1. The van der Waals surface area contributed by atoms with Crippen LogP contribution < -0.4 is 5.32 Å². The number of fused-ring (bicyclic) bond motifs is 1. The van der Waals surface area contributed by atoms with Gasteiger partial charge < -0.3 is 9.72 Å². The van der Waals surface area contributed by atoms with Crippen molar-refractivity contribution in [1.29, 1.82) is 0 Å². The maximum Gasteiger partial charge on any atom is 0.223 e.